The zero-order valence-corrected chi connectivity index (χ0v) is 12.1. The molecule has 2 aromatic carbocycles. The quantitative estimate of drug-likeness (QED) is 0.838. The lowest BCUT2D eigenvalue weighted by Gasteiger charge is -2.15. The first-order valence-corrected chi connectivity index (χ1v) is 6.71. The lowest BCUT2D eigenvalue weighted by atomic mass is 10.1. The summed E-state index contributed by atoms with van der Waals surface area (Å²) in [5.74, 6) is -0.0822. The third-order valence-corrected chi connectivity index (χ3v) is 3.46. The Kier molecular flexibility index (Phi) is 4.08. The van der Waals surface area contributed by atoms with E-state index in [1.54, 1.807) is 12.1 Å². The van der Waals surface area contributed by atoms with Crippen LogP contribution < -0.4 is 11.1 Å². The molecular formula is C17H20N2O. The normalized spacial score (nSPS) is 11.9. The molecule has 0 bridgehead atoms. The van der Waals surface area contributed by atoms with Gasteiger partial charge in [-0.15, -0.1) is 0 Å². The number of hydrogen-bond donors (Lipinski definition) is 2. The van der Waals surface area contributed by atoms with Gasteiger partial charge in [-0.05, 0) is 50.1 Å². The maximum absolute atomic E-state index is 12.2. The van der Waals surface area contributed by atoms with Gasteiger partial charge >= 0.3 is 0 Å². The Morgan fingerprint density at radius 1 is 1.10 bits per heavy atom. The zero-order valence-electron chi connectivity index (χ0n) is 12.1. The second-order valence-electron chi connectivity index (χ2n) is 5.18. The van der Waals surface area contributed by atoms with E-state index in [0.717, 1.165) is 11.1 Å². The second-order valence-corrected chi connectivity index (χ2v) is 5.18. The van der Waals surface area contributed by atoms with Gasteiger partial charge < -0.3 is 11.1 Å². The van der Waals surface area contributed by atoms with Crippen LogP contribution in [0.3, 0.4) is 0 Å². The number of carbonyl (C=O) groups excluding carboxylic acids is 1. The SMILES string of the molecule is Cc1ccc([C@@H](C)NC(=O)c2ccc(N)c(C)c2)cc1. The summed E-state index contributed by atoms with van der Waals surface area (Å²) in [5, 5.41) is 3.00. The Hall–Kier alpha value is -2.29. The van der Waals surface area contributed by atoms with Crippen molar-refractivity contribution < 1.29 is 4.79 Å². The number of benzene rings is 2. The van der Waals surface area contributed by atoms with Crippen molar-refractivity contribution in [1.82, 2.24) is 5.32 Å². The summed E-state index contributed by atoms with van der Waals surface area (Å²) in [5.41, 5.74) is 10.3. The largest absolute Gasteiger partial charge is 0.399 e. The number of nitrogens with two attached hydrogens (primary N) is 1. The van der Waals surface area contributed by atoms with Gasteiger partial charge in [0.1, 0.15) is 0 Å². The molecule has 0 spiro atoms. The minimum atomic E-state index is -0.0822. The standard InChI is InChI=1S/C17H20N2O/c1-11-4-6-14(7-5-11)13(3)19-17(20)15-8-9-16(18)12(2)10-15/h4-10,13H,18H2,1-3H3,(H,19,20)/t13-/m1/s1. The molecular weight excluding hydrogens is 248 g/mol. The predicted molar refractivity (Wildman–Crippen MR) is 82.7 cm³/mol. The highest BCUT2D eigenvalue weighted by molar-refractivity contribution is 5.95. The molecule has 0 heterocycles. The van der Waals surface area contributed by atoms with Gasteiger partial charge in [-0.25, -0.2) is 0 Å². The number of nitrogens with one attached hydrogen (secondary N) is 1. The van der Waals surface area contributed by atoms with Gasteiger partial charge in [-0.2, -0.15) is 0 Å². The Morgan fingerprint density at radius 2 is 1.75 bits per heavy atom. The third-order valence-electron chi connectivity index (χ3n) is 3.46. The molecule has 2 aromatic rings. The van der Waals surface area contributed by atoms with Crippen LogP contribution in [0.4, 0.5) is 5.69 Å². The Balaban J connectivity index is 2.10. The number of aryl methyl sites for hydroxylation is 2. The first-order chi connectivity index (χ1) is 9.47. The van der Waals surface area contributed by atoms with E-state index < -0.39 is 0 Å². The fourth-order valence-corrected chi connectivity index (χ4v) is 2.04. The van der Waals surface area contributed by atoms with Gasteiger partial charge in [0.05, 0.1) is 6.04 Å². The van der Waals surface area contributed by atoms with Gasteiger partial charge in [0.15, 0.2) is 0 Å². The van der Waals surface area contributed by atoms with E-state index >= 15 is 0 Å². The van der Waals surface area contributed by atoms with Crippen molar-refractivity contribution >= 4 is 11.6 Å². The number of hydrogen-bond acceptors (Lipinski definition) is 2. The molecule has 0 radical (unpaired) electrons. The summed E-state index contributed by atoms with van der Waals surface area (Å²) in [6, 6.07) is 13.5. The Labute approximate surface area is 119 Å². The van der Waals surface area contributed by atoms with E-state index in [4.69, 9.17) is 5.73 Å². The van der Waals surface area contributed by atoms with E-state index in [1.807, 2.05) is 51.1 Å². The van der Waals surface area contributed by atoms with Crippen molar-refractivity contribution in [2.24, 2.45) is 0 Å². The lowest BCUT2D eigenvalue weighted by Crippen LogP contribution is -2.26. The topological polar surface area (TPSA) is 55.1 Å². The van der Waals surface area contributed by atoms with Crippen LogP contribution in [0.1, 0.15) is 40.0 Å². The highest BCUT2D eigenvalue weighted by Crippen LogP contribution is 2.16. The fourth-order valence-electron chi connectivity index (χ4n) is 2.04. The van der Waals surface area contributed by atoms with E-state index in [1.165, 1.54) is 5.56 Å². The summed E-state index contributed by atoms with van der Waals surface area (Å²) in [6.45, 7) is 5.92. The number of carbonyl (C=O) groups is 1. The number of nitrogen functional groups attached to an aromatic ring is 1. The van der Waals surface area contributed by atoms with Crippen LogP contribution in [-0.4, -0.2) is 5.91 Å². The zero-order chi connectivity index (χ0) is 14.7. The number of amides is 1. The predicted octanol–water partition coefficient (Wildman–Crippen LogP) is 3.38. The molecule has 1 atom stereocenters. The van der Waals surface area contributed by atoms with Crippen molar-refractivity contribution in [3.8, 4) is 0 Å². The van der Waals surface area contributed by atoms with Gasteiger partial charge in [-0.1, -0.05) is 29.8 Å². The molecule has 2 rings (SSSR count). The van der Waals surface area contributed by atoms with Crippen molar-refractivity contribution in [1.29, 1.82) is 0 Å². The van der Waals surface area contributed by atoms with E-state index in [9.17, 15) is 4.79 Å². The van der Waals surface area contributed by atoms with Gasteiger partial charge in [0.2, 0.25) is 0 Å². The fraction of sp³-hybridized carbons (Fsp3) is 0.235. The molecule has 0 unspecified atom stereocenters. The maximum Gasteiger partial charge on any atom is 0.251 e. The minimum Gasteiger partial charge on any atom is -0.399 e. The van der Waals surface area contributed by atoms with Crippen LogP contribution in [0.5, 0.6) is 0 Å². The van der Waals surface area contributed by atoms with Crippen molar-refractivity contribution in [2.45, 2.75) is 26.8 Å². The van der Waals surface area contributed by atoms with Crippen molar-refractivity contribution in [3.05, 3.63) is 64.7 Å². The molecule has 0 aliphatic rings. The lowest BCUT2D eigenvalue weighted by molar-refractivity contribution is 0.0940. The first-order valence-electron chi connectivity index (χ1n) is 6.71. The average molecular weight is 268 g/mol. The molecule has 0 fully saturated rings. The highest BCUT2D eigenvalue weighted by Gasteiger charge is 2.11. The summed E-state index contributed by atoms with van der Waals surface area (Å²) >= 11 is 0. The van der Waals surface area contributed by atoms with Crippen LogP contribution in [0.25, 0.3) is 0 Å². The van der Waals surface area contributed by atoms with Gasteiger partial charge in [-0.3, -0.25) is 4.79 Å². The van der Waals surface area contributed by atoms with Crippen molar-refractivity contribution in [3.63, 3.8) is 0 Å². The summed E-state index contributed by atoms with van der Waals surface area (Å²) in [4.78, 5) is 12.2. The first kappa shape index (κ1) is 14.1. The second kappa shape index (κ2) is 5.78. The molecule has 0 saturated carbocycles. The molecule has 0 aliphatic heterocycles. The number of rotatable bonds is 3. The average Bonchev–Trinajstić information content (AvgIpc) is 2.42. The molecule has 0 saturated heterocycles. The summed E-state index contributed by atoms with van der Waals surface area (Å²) in [6.07, 6.45) is 0. The molecule has 104 valence electrons. The van der Waals surface area contributed by atoms with Crippen LogP contribution in [0, 0.1) is 13.8 Å². The molecule has 3 nitrogen and oxygen atoms in total. The molecule has 20 heavy (non-hydrogen) atoms. The highest BCUT2D eigenvalue weighted by atomic mass is 16.1. The van der Waals surface area contributed by atoms with Gasteiger partial charge in [0.25, 0.3) is 5.91 Å². The summed E-state index contributed by atoms with van der Waals surface area (Å²) < 4.78 is 0. The molecule has 1 amide bonds. The van der Waals surface area contributed by atoms with Crippen molar-refractivity contribution in [2.75, 3.05) is 5.73 Å². The molecule has 3 heteroatoms. The van der Waals surface area contributed by atoms with E-state index in [-0.39, 0.29) is 11.9 Å². The van der Waals surface area contributed by atoms with Crippen LogP contribution >= 0.6 is 0 Å². The molecule has 0 aromatic heterocycles. The summed E-state index contributed by atoms with van der Waals surface area (Å²) in [7, 11) is 0. The van der Waals surface area contributed by atoms with E-state index in [2.05, 4.69) is 5.32 Å². The van der Waals surface area contributed by atoms with E-state index in [0.29, 0.717) is 11.3 Å². The number of anilines is 1. The van der Waals surface area contributed by atoms with Gasteiger partial charge in [0, 0.05) is 11.3 Å². The Morgan fingerprint density at radius 3 is 2.35 bits per heavy atom. The van der Waals surface area contributed by atoms with Crippen LogP contribution in [-0.2, 0) is 0 Å². The van der Waals surface area contributed by atoms with Crippen LogP contribution in [0.15, 0.2) is 42.5 Å². The maximum atomic E-state index is 12.2. The minimum absolute atomic E-state index is 0.0269. The Bertz CT molecular complexity index is 617. The molecule has 0 aliphatic carbocycles. The third kappa shape index (κ3) is 3.18. The smallest absolute Gasteiger partial charge is 0.251 e. The van der Waals surface area contributed by atoms with Crippen LogP contribution in [0.2, 0.25) is 0 Å². The molecule has 3 N–H and O–H groups in total. The monoisotopic (exact) mass is 268 g/mol.